The Morgan fingerprint density at radius 2 is 2.11 bits per heavy atom. The molecule has 2 saturated heterocycles. The van der Waals surface area contributed by atoms with Crippen LogP contribution in [0.4, 0.5) is 0 Å². The van der Waals surface area contributed by atoms with Gasteiger partial charge in [0, 0.05) is 12.0 Å². The molecular weight excluding hydrogens is 238 g/mol. The van der Waals surface area contributed by atoms with E-state index in [9.17, 15) is 5.11 Å². The maximum Gasteiger partial charge on any atom is 0.0739 e. The van der Waals surface area contributed by atoms with Crippen molar-refractivity contribution in [1.82, 2.24) is 5.32 Å². The number of aliphatic hydroxyl groups excluding tert-OH is 1. The highest BCUT2D eigenvalue weighted by Crippen LogP contribution is 2.37. The molecular formula is C16H23NO2. The van der Waals surface area contributed by atoms with Gasteiger partial charge in [0.2, 0.25) is 0 Å². The molecule has 19 heavy (non-hydrogen) atoms. The third-order valence-electron chi connectivity index (χ3n) is 4.60. The first-order valence-corrected chi connectivity index (χ1v) is 7.31. The topological polar surface area (TPSA) is 41.5 Å². The lowest BCUT2D eigenvalue weighted by Gasteiger charge is -2.49. The zero-order valence-electron chi connectivity index (χ0n) is 11.5. The number of aliphatic hydroxyl groups is 1. The van der Waals surface area contributed by atoms with Crippen LogP contribution in [0.2, 0.25) is 0 Å². The van der Waals surface area contributed by atoms with Gasteiger partial charge >= 0.3 is 0 Å². The number of rotatable bonds is 4. The molecule has 3 nitrogen and oxygen atoms in total. The quantitative estimate of drug-likeness (QED) is 0.870. The Bertz CT molecular complexity index is 406. The second-order valence-corrected chi connectivity index (χ2v) is 6.01. The zero-order chi connectivity index (χ0) is 13.2. The fourth-order valence-corrected chi connectivity index (χ4v) is 3.58. The van der Waals surface area contributed by atoms with Crippen LogP contribution in [-0.4, -0.2) is 29.9 Å². The number of hydrogen-bond acceptors (Lipinski definition) is 3. The smallest absolute Gasteiger partial charge is 0.0739 e. The SMILES string of the molecule is C[C@@H](O)[C@H]1C[C@H]2CN[C@@H]1[C@@H](OCc1ccccc1)C2. The van der Waals surface area contributed by atoms with Crippen LogP contribution in [0.1, 0.15) is 25.3 Å². The van der Waals surface area contributed by atoms with E-state index in [-0.39, 0.29) is 12.2 Å². The molecule has 0 spiro atoms. The van der Waals surface area contributed by atoms with Gasteiger partial charge in [-0.25, -0.2) is 0 Å². The summed E-state index contributed by atoms with van der Waals surface area (Å²) in [5.41, 5.74) is 1.22. The van der Waals surface area contributed by atoms with Gasteiger partial charge in [0.1, 0.15) is 0 Å². The predicted octanol–water partition coefficient (Wildman–Crippen LogP) is 1.95. The van der Waals surface area contributed by atoms with Crippen molar-refractivity contribution in [3.63, 3.8) is 0 Å². The second kappa shape index (κ2) is 5.61. The van der Waals surface area contributed by atoms with E-state index >= 15 is 0 Å². The first-order chi connectivity index (χ1) is 9.24. The van der Waals surface area contributed by atoms with Crippen LogP contribution in [-0.2, 0) is 11.3 Å². The van der Waals surface area contributed by atoms with E-state index in [2.05, 4.69) is 17.4 Å². The fourth-order valence-electron chi connectivity index (χ4n) is 3.58. The largest absolute Gasteiger partial charge is 0.393 e. The van der Waals surface area contributed by atoms with E-state index in [1.165, 1.54) is 5.56 Å². The maximum atomic E-state index is 9.91. The average Bonchev–Trinajstić information content (AvgIpc) is 2.46. The van der Waals surface area contributed by atoms with Crippen molar-refractivity contribution < 1.29 is 9.84 Å². The lowest BCUT2D eigenvalue weighted by Crippen LogP contribution is -2.60. The van der Waals surface area contributed by atoms with Crippen LogP contribution in [0.5, 0.6) is 0 Å². The summed E-state index contributed by atoms with van der Waals surface area (Å²) in [7, 11) is 0. The summed E-state index contributed by atoms with van der Waals surface area (Å²) in [6.07, 6.45) is 2.27. The summed E-state index contributed by atoms with van der Waals surface area (Å²) in [4.78, 5) is 0. The Morgan fingerprint density at radius 3 is 2.79 bits per heavy atom. The first kappa shape index (κ1) is 13.1. The molecule has 0 amide bonds. The Morgan fingerprint density at radius 1 is 1.32 bits per heavy atom. The molecule has 1 aromatic rings. The molecule has 3 heteroatoms. The minimum atomic E-state index is -0.247. The molecule has 2 bridgehead atoms. The highest BCUT2D eigenvalue weighted by Gasteiger charge is 2.44. The van der Waals surface area contributed by atoms with Gasteiger partial charge in [-0.1, -0.05) is 30.3 Å². The van der Waals surface area contributed by atoms with Gasteiger partial charge in [0.25, 0.3) is 0 Å². The van der Waals surface area contributed by atoms with E-state index in [0.717, 1.165) is 19.4 Å². The molecule has 2 heterocycles. The molecule has 3 aliphatic rings. The predicted molar refractivity (Wildman–Crippen MR) is 74.7 cm³/mol. The molecule has 5 atom stereocenters. The number of ether oxygens (including phenoxy) is 1. The molecule has 0 unspecified atom stereocenters. The van der Waals surface area contributed by atoms with Crippen molar-refractivity contribution in [2.45, 2.75) is 44.6 Å². The van der Waals surface area contributed by atoms with Crippen LogP contribution in [0.15, 0.2) is 30.3 Å². The van der Waals surface area contributed by atoms with Gasteiger partial charge in [-0.3, -0.25) is 0 Å². The highest BCUT2D eigenvalue weighted by molar-refractivity contribution is 5.13. The highest BCUT2D eigenvalue weighted by atomic mass is 16.5. The van der Waals surface area contributed by atoms with Crippen LogP contribution >= 0.6 is 0 Å². The monoisotopic (exact) mass is 261 g/mol. The third kappa shape index (κ3) is 2.83. The maximum absolute atomic E-state index is 9.91. The summed E-state index contributed by atoms with van der Waals surface area (Å²) >= 11 is 0. The normalized spacial score (nSPS) is 35.3. The van der Waals surface area contributed by atoms with Crippen LogP contribution in [0, 0.1) is 11.8 Å². The van der Waals surface area contributed by atoms with Crippen molar-refractivity contribution in [2.75, 3.05) is 6.54 Å². The number of piperidine rings is 2. The van der Waals surface area contributed by atoms with Crippen molar-refractivity contribution in [1.29, 1.82) is 0 Å². The first-order valence-electron chi connectivity index (χ1n) is 7.31. The van der Waals surface area contributed by atoms with Gasteiger partial charge in [0.15, 0.2) is 0 Å². The summed E-state index contributed by atoms with van der Waals surface area (Å²) in [5, 5.41) is 13.5. The molecule has 0 radical (unpaired) electrons. The summed E-state index contributed by atoms with van der Waals surface area (Å²) in [5.74, 6) is 0.999. The molecule has 4 rings (SSSR count). The molecule has 2 aliphatic heterocycles. The van der Waals surface area contributed by atoms with Gasteiger partial charge in [-0.05, 0) is 37.8 Å². The summed E-state index contributed by atoms with van der Waals surface area (Å²) in [6, 6.07) is 10.6. The number of nitrogens with one attached hydrogen (secondary N) is 1. The molecule has 1 aromatic carbocycles. The number of hydrogen-bond donors (Lipinski definition) is 2. The third-order valence-corrected chi connectivity index (χ3v) is 4.60. The van der Waals surface area contributed by atoms with Gasteiger partial charge in [0.05, 0.1) is 18.8 Å². The van der Waals surface area contributed by atoms with Gasteiger partial charge < -0.3 is 15.2 Å². The fraction of sp³-hybridized carbons (Fsp3) is 0.625. The van der Waals surface area contributed by atoms with Crippen LogP contribution in [0.3, 0.4) is 0 Å². The van der Waals surface area contributed by atoms with E-state index in [1.807, 2.05) is 25.1 Å². The summed E-state index contributed by atoms with van der Waals surface area (Å²) in [6.45, 7) is 3.66. The molecule has 3 fully saturated rings. The Kier molecular flexibility index (Phi) is 3.87. The Hall–Kier alpha value is -0.900. The minimum Gasteiger partial charge on any atom is -0.393 e. The zero-order valence-corrected chi connectivity index (χ0v) is 11.5. The standard InChI is InChI=1S/C16H23NO2/c1-11(18)14-7-13-8-15(16(14)17-9-13)19-10-12-5-3-2-4-6-12/h2-6,11,13-18H,7-10H2,1H3/t11-,13-,14-,15+,16+/m1/s1. The molecule has 1 aliphatic carbocycles. The molecule has 0 aromatic heterocycles. The van der Waals surface area contributed by atoms with Crippen molar-refractivity contribution >= 4 is 0 Å². The molecule has 104 valence electrons. The minimum absolute atomic E-state index is 0.243. The van der Waals surface area contributed by atoms with Gasteiger partial charge in [-0.15, -0.1) is 0 Å². The van der Waals surface area contributed by atoms with Crippen molar-refractivity contribution in [3.05, 3.63) is 35.9 Å². The van der Waals surface area contributed by atoms with Crippen molar-refractivity contribution in [2.24, 2.45) is 11.8 Å². The number of benzene rings is 1. The van der Waals surface area contributed by atoms with E-state index in [1.54, 1.807) is 0 Å². The van der Waals surface area contributed by atoms with Crippen molar-refractivity contribution in [3.8, 4) is 0 Å². The summed E-state index contributed by atoms with van der Waals surface area (Å²) < 4.78 is 6.11. The lowest BCUT2D eigenvalue weighted by atomic mass is 9.70. The van der Waals surface area contributed by atoms with E-state index < -0.39 is 0 Å². The van der Waals surface area contributed by atoms with Crippen LogP contribution in [0.25, 0.3) is 0 Å². The average molecular weight is 261 g/mol. The molecule has 2 N–H and O–H groups in total. The lowest BCUT2D eigenvalue weighted by molar-refractivity contribution is -0.0861. The van der Waals surface area contributed by atoms with Crippen LogP contribution < -0.4 is 5.32 Å². The Labute approximate surface area is 115 Å². The molecule has 1 saturated carbocycles. The van der Waals surface area contributed by atoms with E-state index in [0.29, 0.717) is 24.5 Å². The second-order valence-electron chi connectivity index (χ2n) is 6.01. The van der Waals surface area contributed by atoms with Gasteiger partial charge in [-0.2, -0.15) is 0 Å². The number of fused-ring (bicyclic) bond motifs is 3. The van der Waals surface area contributed by atoms with E-state index in [4.69, 9.17) is 4.74 Å². The Balaban J connectivity index is 1.62.